The molecule has 0 saturated carbocycles. The maximum Gasteiger partial charge on any atom is 0.194 e. The van der Waals surface area contributed by atoms with Crippen LogP contribution in [0.4, 0.5) is 0 Å². The van der Waals surface area contributed by atoms with Gasteiger partial charge >= 0.3 is 0 Å². The summed E-state index contributed by atoms with van der Waals surface area (Å²) in [6, 6.07) is 8.71. The molecule has 4 atom stereocenters. The van der Waals surface area contributed by atoms with Gasteiger partial charge in [-0.2, -0.15) is 0 Å². The van der Waals surface area contributed by atoms with Crippen molar-refractivity contribution in [2.45, 2.75) is 71.1 Å². The summed E-state index contributed by atoms with van der Waals surface area (Å²) in [7, 11) is 0. The highest BCUT2D eigenvalue weighted by Gasteiger charge is 2.32. The topological polar surface area (TPSA) is 58.6 Å². The van der Waals surface area contributed by atoms with E-state index in [1.807, 2.05) is 0 Å². The SMILES string of the molecule is CCNC(=NCc1ccccc1CN1CC(C)OC(C)C1)N1CCOC(C2CCCO2)C1. The van der Waals surface area contributed by atoms with Crippen LogP contribution in [0.25, 0.3) is 0 Å². The molecular formula is C25H40N4O3. The number of ether oxygens (including phenoxy) is 3. The summed E-state index contributed by atoms with van der Waals surface area (Å²) >= 11 is 0. The summed E-state index contributed by atoms with van der Waals surface area (Å²) in [5.41, 5.74) is 2.64. The number of hydrogen-bond donors (Lipinski definition) is 1. The number of aliphatic imine (C=N–C) groups is 1. The minimum absolute atomic E-state index is 0.132. The first-order valence-corrected chi connectivity index (χ1v) is 12.3. The standard InChI is InChI=1S/C25H40N4O3/c1-4-26-25(29-11-13-31-24(18-29)23-10-7-12-30-23)27-14-21-8-5-6-9-22(21)17-28-15-19(2)32-20(3)16-28/h5-6,8-9,19-20,23-24H,4,7,10-18H2,1-3H3,(H,26,27). The monoisotopic (exact) mass is 444 g/mol. The first-order valence-electron chi connectivity index (χ1n) is 12.3. The lowest BCUT2D eigenvalue weighted by Gasteiger charge is -2.37. The maximum atomic E-state index is 6.04. The first-order chi connectivity index (χ1) is 15.6. The van der Waals surface area contributed by atoms with Gasteiger partial charge in [-0.1, -0.05) is 24.3 Å². The van der Waals surface area contributed by atoms with E-state index in [4.69, 9.17) is 19.2 Å². The quantitative estimate of drug-likeness (QED) is 0.538. The molecule has 178 valence electrons. The van der Waals surface area contributed by atoms with Gasteiger partial charge in [0, 0.05) is 45.9 Å². The van der Waals surface area contributed by atoms with Gasteiger partial charge in [0.2, 0.25) is 0 Å². The third-order valence-corrected chi connectivity index (χ3v) is 6.51. The molecule has 1 N–H and O–H groups in total. The molecule has 0 aromatic heterocycles. The van der Waals surface area contributed by atoms with E-state index < -0.39 is 0 Å². The largest absolute Gasteiger partial charge is 0.375 e. The number of morpholine rings is 2. The maximum absolute atomic E-state index is 6.04. The zero-order valence-electron chi connectivity index (χ0n) is 20.0. The van der Waals surface area contributed by atoms with Crippen molar-refractivity contribution < 1.29 is 14.2 Å². The molecule has 0 radical (unpaired) electrons. The second-order valence-corrected chi connectivity index (χ2v) is 9.30. The number of guanidine groups is 1. The molecule has 0 bridgehead atoms. The molecule has 1 aromatic rings. The van der Waals surface area contributed by atoms with E-state index in [0.717, 1.165) is 71.3 Å². The van der Waals surface area contributed by atoms with E-state index in [9.17, 15) is 0 Å². The highest BCUT2D eigenvalue weighted by molar-refractivity contribution is 5.80. The molecule has 4 rings (SSSR count). The molecule has 4 unspecified atom stereocenters. The predicted molar refractivity (Wildman–Crippen MR) is 127 cm³/mol. The highest BCUT2D eigenvalue weighted by atomic mass is 16.5. The summed E-state index contributed by atoms with van der Waals surface area (Å²) in [4.78, 5) is 9.89. The molecule has 7 nitrogen and oxygen atoms in total. The molecule has 32 heavy (non-hydrogen) atoms. The molecular weight excluding hydrogens is 404 g/mol. The molecule has 3 heterocycles. The van der Waals surface area contributed by atoms with Crippen LogP contribution in [0.15, 0.2) is 29.3 Å². The van der Waals surface area contributed by atoms with E-state index in [1.165, 1.54) is 11.1 Å². The van der Waals surface area contributed by atoms with Gasteiger partial charge in [-0.25, -0.2) is 4.99 Å². The molecule has 3 aliphatic heterocycles. The number of rotatable bonds is 6. The van der Waals surface area contributed by atoms with Gasteiger partial charge in [0.15, 0.2) is 5.96 Å². The Balaban J connectivity index is 1.43. The van der Waals surface area contributed by atoms with Crippen molar-refractivity contribution in [3.05, 3.63) is 35.4 Å². The van der Waals surface area contributed by atoms with Crippen molar-refractivity contribution in [1.29, 1.82) is 0 Å². The van der Waals surface area contributed by atoms with Crippen LogP contribution in [-0.4, -0.2) is 86.1 Å². The lowest BCUT2D eigenvalue weighted by atomic mass is 10.1. The Labute approximate surface area is 193 Å². The van der Waals surface area contributed by atoms with Crippen LogP contribution < -0.4 is 5.32 Å². The van der Waals surface area contributed by atoms with Gasteiger partial charge < -0.3 is 24.4 Å². The Kier molecular flexibility index (Phi) is 8.41. The highest BCUT2D eigenvalue weighted by Crippen LogP contribution is 2.22. The van der Waals surface area contributed by atoms with Crippen molar-refractivity contribution in [2.75, 3.05) is 45.9 Å². The Morgan fingerprint density at radius 1 is 1.03 bits per heavy atom. The van der Waals surface area contributed by atoms with Crippen LogP contribution in [0.3, 0.4) is 0 Å². The average molecular weight is 445 g/mol. The normalized spacial score (nSPS) is 30.0. The molecule has 0 spiro atoms. The number of nitrogens with zero attached hydrogens (tertiary/aromatic N) is 3. The molecule has 7 heteroatoms. The van der Waals surface area contributed by atoms with E-state index in [1.54, 1.807) is 0 Å². The molecule has 0 amide bonds. The number of nitrogens with one attached hydrogen (secondary N) is 1. The van der Waals surface area contributed by atoms with Crippen molar-refractivity contribution >= 4 is 5.96 Å². The smallest absolute Gasteiger partial charge is 0.194 e. The first kappa shape index (κ1) is 23.5. The lowest BCUT2D eigenvalue weighted by Crippen LogP contribution is -2.53. The summed E-state index contributed by atoms with van der Waals surface area (Å²) in [6.07, 6.45) is 3.14. The van der Waals surface area contributed by atoms with Crippen molar-refractivity contribution in [1.82, 2.24) is 15.1 Å². The van der Waals surface area contributed by atoms with E-state index >= 15 is 0 Å². The molecule has 3 saturated heterocycles. The molecule has 1 aromatic carbocycles. The van der Waals surface area contributed by atoms with E-state index in [2.05, 4.69) is 60.2 Å². The van der Waals surface area contributed by atoms with Crippen LogP contribution in [0.5, 0.6) is 0 Å². The number of benzene rings is 1. The summed E-state index contributed by atoms with van der Waals surface area (Å²) in [6.45, 7) is 14.1. The average Bonchev–Trinajstić information content (AvgIpc) is 3.32. The molecule has 3 aliphatic rings. The van der Waals surface area contributed by atoms with Gasteiger partial charge in [-0.15, -0.1) is 0 Å². The number of hydrogen-bond acceptors (Lipinski definition) is 5. The fourth-order valence-electron chi connectivity index (χ4n) is 5.09. The summed E-state index contributed by atoms with van der Waals surface area (Å²) in [5, 5.41) is 3.50. The van der Waals surface area contributed by atoms with Crippen molar-refractivity contribution in [2.24, 2.45) is 4.99 Å². The predicted octanol–water partition coefficient (Wildman–Crippen LogP) is 2.64. The molecule has 0 aliphatic carbocycles. The van der Waals surface area contributed by atoms with Crippen LogP contribution in [0.1, 0.15) is 44.7 Å². The van der Waals surface area contributed by atoms with Crippen LogP contribution >= 0.6 is 0 Å². The van der Waals surface area contributed by atoms with Gasteiger partial charge in [-0.05, 0) is 44.7 Å². The Bertz CT molecular complexity index is 742. The van der Waals surface area contributed by atoms with E-state index in [-0.39, 0.29) is 24.4 Å². The summed E-state index contributed by atoms with van der Waals surface area (Å²) in [5.74, 6) is 0.974. The van der Waals surface area contributed by atoms with E-state index in [0.29, 0.717) is 6.54 Å². The van der Waals surface area contributed by atoms with Crippen molar-refractivity contribution in [3.63, 3.8) is 0 Å². The fourth-order valence-corrected chi connectivity index (χ4v) is 5.09. The van der Waals surface area contributed by atoms with Gasteiger partial charge in [0.1, 0.15) is 6.10 Å². The van der Waals surface area contributed by atoms with Crippen LogP contribution in [0, 0.1) is 0 Å². The van der Waals surface area contributed by atoms with Crippen LogP contribution in [0.2, 0.25) is 0 Å². The Hall–Kier alpha value is -1.67. The second kappa shape index (κ2) is 11.5. The van der Waals surface area contributed by atoms with Gasteiger partial charge in [0.05, 0.1) is 31.5 Å². The van der Waals surface area contributed by atoms with Gasteiger partial charge in [0.25, 0.3) is 0 Å². The van der Waals surface area contributed by atoms with Gasteiger partial charge in [-0.3, -0.25) is 4.90 Å². The van der Waals surface area contributed by atoms with Crippen molar-refractivity contribution in [3.8, 4) is 0 Å². The lowest BCUT2D eigenvalue weighted by molar-refractivity contribution is -0.0817. The zero-order chi connectivity index (χ0) is 22.3. The Morgan fingerprint density at radius 2 is 1.78 bits per heavy atom. The Morgan fingerprint density at radius 3 is 2.50 bits per heavy atom. The minimum atomic E-state index is 0.132. The molecule has 3 fully saturated rings. The summed E-state index contributed by atoms with van der Waals surface area (Å²) < 4.78 is 17.8. The minimum Gasteiger partial charge on any atom is -0.375 e. The third kappa shape index (κ3) is 6.22. The second-order valence-electron chi connectivity index (χ2n) is 9.30. The zero-order valence-corrected chi connectivity index (χ0v) is 20.0. The fraction of sp³-hybridized carbons (Fsp3) is 0.720. The third-order valence-electron chi connectivity index (χ3n) is 6.51. The van der Waals surface area contributed by atoms with Crippen LogP contribution in [-0.2, 0) is 27.3 Å².